The van der Waals surface area contributed by atoms with Crippen molar-refractivity contribution in [2.45, 2.75) is 0 Å². The van der Waals surface area contributed by atoms with Crippen LogP contribution >= 0.6 is 11.3 Å². The van der Waals surface area contributed by atoms with Crippen LogP contribution in [-0.2, 0) is 9.57 Å². The van der Waals surface area contributed by atoms with Crippen molar-refractivity contribution in [3.05, 3.63) is 59.2 Å². The third kappa shape index (κ3) is 4.28. The second-order valence-electron chi connectivity index (χ2n) is 7.78. The number of thiophene rings is 1. The predicted molar refractivity (Wildman–Crippen MR) is 127 cm³/mol. The molecule has 9 heteroatoms. The van der Waals surface area contributed by atoms with Crippen LogP contribution in [-0.4, -0.2) is 78.4 Å². The van der Waals surface area contributed by atoms with Gasteiger partial charge in [0.1, 0.15) is 24.6 Å². The number of hydrogen-bond acceptors (Lipinski definition) is 9. The van der Waals surface area contributed by atoms with Crippen molar-refractivity contribution in [2.75, 3.05) is 46.1 Å². The van der Waals surface area contributed by atoms with Crippen molar-refractivity contribution < 1.29 is 24.6 Å². The molecule has 3 aromatic rings. The van der Waals surface area contributed by atoms with Crippen LogP contribution in [0, 0.1) is 0 Å². The van der Waals surface area contributed by atoms with Crippen LogP contribution in [0.25, 0.3) is 10.1 Å². The molecule has 3 heterocycles. The molecule has 1 fully saturated rings. The zero-order valence-electron chi connectivity index (χ0n) is 17.9. The molecule has 0 saturated carbocycles. The largest absolute Gasteiger partial charge is 0.499 e. The van der Waals surface area contributed by atoms with Gasteiger partial charge in [-0.3, -0.25) is 9.69 Å². The van der Waals surface area contributed by atoms with Gasteiger partial charge < -0.3 is 19.8 Å². The Labute approximate surface area is 194 Å². The number of ether oxygens (including phenoxy) is 1. The van der Waals surface area contributed by atoms with Crippen LogP contribution in [0.15, 0.2) is 52.6 Å². The van der Waals surface area contributed by atoms with Gasteiger partial charge in [-0.05, 0) is 24.3 Å². The molecule has 0 unspecified atom stereocenters. The fraction of sp³-hybridized carbons (Fsp3) is 0.292. The van der Waals surface area contributed by atoms with Crippen molar-refractivity contribution in [3.63, 3.8) is 0 Å². The number of carbonyl (C=O) groups excluding carboxylic acids is 1. The van der Waals surface area contributed by atoms with Gasteiger partial charge in [0.2, 0.25) is 0 Å². The number of hydrogen-bond donors (Lipinski definition) is 2. The number of fused-ring (bicyclic) bond motifs is 2. The molecule has 0 amide bonds. The maximum atomic E-state index is 12.1. The Morgan fingerprint density at radius 3 is 2.85 bits per heavy atom. The number of nitrogens with zero attached hydrogens (tertiary/aromatic N) is 3. The minimum absolute atomic E-state index is 0.149. The number of carbonyl (C=O) groups is 1. The fourth-order valence-corrected chi connectivity index (χ4v) is 4.97. The predicted octanol–water partition coefficient (Wildman–Crippen LogP) is 2.97. The first kappa shape index (κ1) is 21.7. The van der Waals surface area contributed by atoms with E-state index in [-0.39, 0.29) is 10.8 Å². The fourth-order valence-electron chi connectivity index (χ4n) is 4.02. The lowest BCUT2D eigenvalue weighted by Crippen LogP contribution is -2.38. The number of aliphatic hydroxyl groups is 1. The van der Waals surface area contributed by atoms with Crippen molar-refractivity contribution in [2.24, 2.45) is 10.1 Å². The number of morpholine rings is 1. The summed E-state index contributed by atoms with van der Waals surface area (Å²) in [4.78, 5) is 24.8. The standard InChI is InChI=1S/C24H23N3O5S/c28-14-19(29)15-5-6-18-17(13-15)22(26-32-12-9-27-7-10-31-11-8-27)23(25-18)21-16-3-1-2-4-20(16)33-24(21)30/h1-6,13,28,30H,7-12,14H2/b26-22+. The van der Waals surface area contributed by atoms with Crippen LogP contribution in [0.3, 0.4) is 0 Å². The molecule has 8 nitrogen and oxygen atoms in total. The Hall–Kier alpha value is -3.11. The van der Waals surface area contributed by atoms with E-state index in [9.17, 15) is 15.0 Å². The number of ketones is 1. The maximum Gasteiger partial charge on any atom is 0.188 e. The van der Waals surface area contributed by atoms with Crippen LogP contribution < -0.4 is 0 Å². The molecule has 0 bridgehead atoms. The Bertz CT molecular complexity index is 1260. The summed E-state index contributed by atoms with van der Waals surface area (Å²) >= 11 is 1.28. The smallest absolute Gasteiger partial charge is 0.188 e. The van der Waals surface area contributed by atoms with Crippen LogP contribution in [0.5, 0.6) is 5.06 Å². The third-order valence-corrected chi connectivity index (χ3v) is 6.72. The van der Waals surface area contributed by atoms with Gasteiger partial charge in [0.25, 0.3) is 0 Å². The Morgan fingerprint density at radius 1 is 1.21 bits per heavy atom. The molecule has 0 spiro atoms. The van der Waals surface area contributed by atoms with E-state index >= 15 is 0 Å². The minimum Gasteiger partial charge on any atom is -0.499 e. The number of benzene rings is 2. The Balaban J connectivity index is 1.49. The maximum absolute atomic E-state index is 12.1. The summed E-state index contributed by atoms with van der Waals surface area (Å²) in [7, 11) is 0. The summed E-state index contributed by atoms with van der Waals surface area (Å²) in [6, 6.07) is 12.7. The molecule has 0 radical (unpaired) electrons. The van der Waals surface area contributed by atoms with E-state index in [1.165, 1.54) is 11.3 Å². The van der Waals surface area contributed by atoms with Crippen LogP contribution in [0.1, 0.15) is 21.5 Å². The number of aromatic hydroxyl groups is 1. The molecular formula is C24H23N3O5S. The summed E-state index contributed by atoms with van der Waals surface area (Å²) in [6.07, 6.45) is 0. The molecule has 0 atom stereocenters. The average Bonchev–Trinajstić information content (AvgIpc) is 3.37. The van der Waals surface area contributed by atoms with Crippen molar-refractivity contribution in [1.82, 2.24) is 4.90 Å². The number of aliphatic imine (C=N–C) groups is 1. The Kier molecular flexibility index (Phi) is 6.19. The molecule has 5 rings (SSSR count). The third-order valence-electron chi connectivity index (χ3n) is 5.75. The SMILES string of the molecule is O=C(CO)c1ccc2c(c1)/C(=N\OCCN1CCOCC1)C(c1c(O)sc3ccccc13)=N2. The van der Waals surface area contributed by atoms with E-state index in [2.05, 4.69) is 10.1 Å². The second-order valence-corrected chi connectivity index (χ2v) is 8.81. The van der Waals surface area contributed by atoms with Gasteiger partial charge in [-0.25, -0.2) is 4.99 Å². The highest BCUT2D eigenvalue weighted by Crippen LogP contribution is 2.41. The molecule has 1 aromatic heterocycles. The summed E-state index contributed by atoms with van der Waals surface area (Å²) in [5, 5.41) is 25.5. The van der Waals surface area contributed by atoms with Crippen LogP contribution in [0.2, 0.25) is 0 Å². The molecule has 2 N–H and O–H groups in total. The van der Waals surface area contributed by atoms with Gasteiger partial charge in [0.15, 0.2) is 10.8 Å². The summed E-state index contributed by atoms with van der Waals surface area (Å²) in [6.45, 7) is 3.67. The second kappa shape index (κ2) is 9.40. The van der Waals surface area contributed by atoms with Gasteiger partial charge in [-0.2, -0.15) is 0 Å². The highest BCUT2D eigenvalue weighted by atomic mass is 32.1. The molecule has 2 aliphatic heterocycles. The number of aliphatic hydroxyl groups excluding tert-OH is 1. The van der Waals surface area contributed by atoms with E-state index in [1.54, 1.807) is 18.2 Å². The van der Waals surface area contributed by atoms with E-state index in [0.29, 0.717) is 53.6 Å². The monoisotopic (exact) mass is 465 g/mol. The van der Waals surface area contributed by atoms with Gasteiger partial charge in [-0.15, -0.1) is 0 Å². The van der Waals surface area contributed by atoms with Crippen molar-refractivity contribution in [3.8, 4) is 5.06 Å². The zero-order valence-corrected chi connectivity index (χ0v) is 18.7. The van der Waals surface area contributed by atoms with E-state index in [0.717, 1.165) is 29.7 Å². The normalized spacial score (nSPS) is 17.4. The van der Waals surface area contributed by atoms with Crippen molar-refractivity contribution >= 4 is 44.3 Å². The zero-order chi connectivity index (χ0) is 22.8. The van der Waals surface area contributed by atoms with Gasteiger partial charge in [0, 0.05) is 40.8 Å². The van der Waals surface area contributed by atoms with E-state index in [1.807, 2.05) is 24.3 Å². The molecule has 2 aromatic carbocycles. The van der Waals surface area contributed by atoms with Gasteiger partial charge in [0.05, 0.1) is 24.5 Å². The highest BCUT2D eigenvalue weighted by molar-refractivity contribution is 7.21. The number of rotatable bonds is 7. The first-order chi connectivity index (χ1) is 16.2. The number of oxime groups is 1. The molecule has 170 valence electrons. The summed E-state index contributed by atoms with van der Waals surface area (Å²) in [5.74, 6) is -0.386. The Morgan fingerprint density at radius 2 is 2.03 bits per heavy atom. The summed E-state index contributed by atoms with van der Waals surface area (Å²) in [5.41, 5.74) is 3.18. The number of Topliss-reactive ketones (excluding diaryl/α,β-unsaturated/α-hetero) is 1. The van der Waals surface area contributed by atoms with Crippen molar-refractivity contribution in [1.29, 1.82) is 0 Å². The molecule has 2 aliphatic rings. The average molecular weight is 466 g/mol. The lowest BCUT2D eigenvalue weighted by atomic mass is 9.99. The van der Waals surface area contributed by atoms with Crippen LogP contribution in [0.4, 0.5) is 5.69 Å². The first-order valence-corrected chi connectivity index (χ1v) is 11.6. The molecule has 33 heavy (non-hydrogen) atoms. The van der Waals surface area contributed by atoms with Gasteiger partial charge in [-0.1, -0.05) is 34.7 Å². The molecule has 1 saturated heterocycles. The van der Waals surface area contributed by atoms with Gasteiger partial charge >= 0.3 is 0 Å². The highest BCUT2D eigenvalue weighted by Gasteiger charge is 2.30. The van der Waals surface area contributed by atoms with E-state index < -0.39 is 6.61 Å². The topological polar surface area (TPSA) is 104 Å². The first-order valence-electron chi connectivity index (χ1n) is 10.7. The minimum atomic E-state index is -0.578. The molecule has 0 aliphatic carbocycles. The summed E-state index contributed by atoms with van der Waals surface area (Å²) < 4.78 is 6.31. The quantitative estimate of drug-likeness (QED) is 0.316. The lowest BCUT2D eigenvalue weighted by molar-refractivity contribution is 0.0213. The lowest BCUT2D eigenvalue weighted by Gasteiger charge is -2.25. The van der Waals surface area contributed by atoms with E-state index in [4.69, 9.17) is 14.6 Å². The molecular weight excluding hydrogens is 442 g/mol.